The molecule has 0 aliphatic rings. The van der Waals surface area contributed by atoms with Crippen LogP contribution in [0.5, 0.6) is 5.75 Å². The maximum Gasteiger partial charge on any atom is 0.127 e. The Balaban J connectivity index is 2.26. The molecule has 106 valence electrons. The molecule has 0 radical (unpaired) electrons. The molecule has 0 aliphatic heterocycles. The fourth-order valence-corrected chi connectivity index (χ4v) is 2.31. The van der Waals surface area contributed by atoms with Crippen LogP contribution in [0.1, 0.15) is 24.2 Å². The van der Waals surface area contributed by atoms with Gasteiger partial charge in [-0.05, 0) is 25.1 Å². The summed E-state index contributed by atoms with van der Waals surface area (Å²) in [5, 5.41) is 10.6. The third kappa shape index (κ3) is 3.30. The lowest BCUT2D eigenvalue weighted by atomic mass is 10.00. The molecule has 0 fully saturated rings. The normalized spacial score (nSPS) is 12.2. The molecule has 0 spiro atoms. The van der Waals surface area contributed by atoms with E-state index in [1.165, 1.54) is 6.07 Å². The summed E-state index contributed by atoms with van der Waals surface area (Å²) >= 11 is 5.98. The van der Waals surface area contributed by atoms with Crippen molar-refractivity contribution in [1.82, 2.24) is 0 Å². The maximum atomic E-state index is 13.7. The second kappa shape index (κ2) is 6.73. The lowest BCUT2D eigenvalue weighted by Crippen LogP contribution is -2.07. The number of aliphatic hydroxyl groups excluding tert-OH is 1. The fraction of sp³-hybridized carbons (Fsp3) is 0.250. The summed E-state index contributed by atoms with van der Waals surface area (Å²) in [4.78, 5) is 0. The van der Waals surface area contributed by atoms with Gasteiger partial charge in [0, 0.05) is 22.6 Å². The number of para-hydroxylation sites is 1. The van der Waals surface area contributed by atoms with Gasteiger partial charge in [0.1, 0.15) is 11.6 Å². The van der Waals surface area contributed by atoms with Gasteiger partial charge in [0.05, 0.1) is 12.7 Å². The smallest absolute Gasteiger partial charge is 0.127 e. The Morgan fingerprint density at radius 3 is 2.65 bits per heavy atom. The van der Waals surface area contributed by atoms with Crippen molar-refractivity contribution in [2.24, 2.45) is 0 Å². The van der Waals surface area contributed by atoms with Crippen LogP contribution in [0.3, 0.4) is 0 Å². The molecule has 20 heavy (non-hydrogen) atoms. The molecule has 0 amide bonds. The first-order valence-electron chi connectivity index (χ1n) is 6.46. The Morgan fingerprint density at radius 2 is 1.95 bits per heavy atom. The number of ether oxygens (including phenoxy) is 1. The zero-order valence-corrected chi connectivity index (χ0v) is 11.9. The van der Waals surface area contributed by atoms with E-state index in [1.807, 2.05) is 19.1 Å². The molecule has 2 nitrogen and oxygen atoms in total. The zero-order valence-electron chi connectivity index (χ0n) is 11.1. The third-order valence-corrected chi connectivity index (χ3v) is 3.39. The zero-order chi connectivity index (χ0) is 14.5. The van der Waals surface area contributed by atoms with Gasteiger partial charge in [-0.1, -0.05) is 35.9 Å². The number of benzene rings is 2. The Hall–Kier alpha value is -1.58. The maximum absolute atomic E-state index is 13.7. The molecular weight excluding hydrogens is 279 g/mol. The minimum absolute atomic E-state index is 0.107. The fourth-order valence-electron chi connectivity index (χ4n) is 2.07. The van der Waals surface area contributed by atoms with E-state index in [0.717, 1.165) is 0 Å². The highest BCUT2D eigenvalue weighted by atomic mass is 35.5. The van der Waals surface area contributed by atoms with Gasteiger partial charge in [-0.3, -0.25) is 0 Å². The van der Waals surface area contributed by atoms with Crippen molar-refractivity contribution in [3.05, 3.63) is 64.4 Å². The molecule has 0 saturated carbocycles. The Bertz CT molecular complexity index is 566. The van der Waals surface area contributed by atoms with Crippen LogP contribution in [-0.2, 0) is 6.42 Å². The molecule has 0 saturated heterocycles. The second-order valence-electron chi connectivity index (χ2n) is 4.39. The number of hydrogen-bond acceptors (Lipinski definition) is 2. The van der Waals surface area contributed by atoms with Crippen molar-refractivity contribution in [2.75, 3.05) is 6.61 Å². The highest BCUT2D eigenvalue weighted by Gasteiger charge is 2.17. The Morgan fingerprint density at radius 1 is 1.20 bits per heavy atom. The van der Waals surface area contributed by atoms with Crippen LogP contribution in [-0.4, -0.2) is 11.7 Å². The van der Waals surface area contributed by atoms with Gasteiger partial charge in [-0.15, -0.1) is 0 Å². The molecule has 1 atom stereocenters. The lowest BCUT2D eigenvalue weighted by Gasteiger charge is -2.16. The van der Waals surface area contributed by atoms with Gasteiger partial charge in [-0.2, -0.15) is 0 Å². The quantitative estimate of drug-likeness (QED) is 0.897. The first-order chi connectivity index (χ1) is 9.63. The lowest BCUT2D eigenvalue weighted by molar-refractivity contribution is 0.171. The monoisotopic (exact) mass is 294 g/mol. The van der Waals surface area contributed by atoms with E-state index in [4.69, 9.17) is 16.3 Å². The summed E-state index contributed by atoms with van der Waals surface area (Å²) < 4.78 is 19.2. The van der Waals surface area contributed by atoms with Gasteiger partial charge >= 0.3 is 0 Å². The molecule has 1 N–H and O–H groups in total. The molecule has 2 aromatic carbocycles. The minimum atomic E-state index is -0.868. The third-order valence-electron chi connectivity index (χ3n) is 3.04. The highest BCUT2D eigenvalue weighted by molar-refractivity contribution is 6.31. The standard InChI is InChI=1S/C16H16ClFO2/c1-2-20-16-9-4-3-6-11(16)15(19)10-12-13(17)7-5-8-14(12)18/h3-9,15,19H,2,10H2,1H3. The van der Waals surface area contributed by atoms with E-state index in [0.29, 0.717) is 28.5 Å². The average Bonchev–Trinajstić information content (AvgIpc) is 2.44. The number of rotatable bonds is 5. The summed E-state index contributed by atoms with van der Waals surface area (Å²) in [6.45, 7) is 2.38. The van der Waals surface area contributed by atoms with Gasteiger partial charge in [0.15, 0.2) is 0 Å². The average molecular weight is 295 g/mol. The first-order valence-corrected chi connectivity index (χ1v) is 6.84. The molecular formula is C16H16ClFO2. The SMILES string of the molecule is CCOc1ccccc1C(O)Cc1c(F)cccc1Cl. The van der Waals surface area contributed by atoms with Crippen LogP contribution in [0, 0.1) is 5.82 Å². The molecule has 0 bridgehead atoms. The summed E-state index contributed by atoms with van der Waals surface area (Å²) in [5.74, 6) is 0.195. The molecule has 2 aromatic rings. The highest BCUT2D eigenvalue weighted by Crippen LogP contribution is 2.30. The van der Waals surface area contributed by atoms with E-state index < -0.39 is 11.9 Å². The predicted molar refractivity (Wildman–Crippen MR) is 77.7 cm³/mol. The van der Waals surface area contributed by atoms with Crippen molar-refractivity contribution >= 4 is 11.6 Å². The van der Waals surface area contributed by atoms with Crippen LogP contribution in [0.15, 0.2) is 42.5 Å². The number of hydrogen-bond donors (Lipinski definition) is 1. The predicted octanol–water partition coefficient (Wildman–Crippen LogP) is 4.15. The van der Waals surface area contributed by atoms with Crippen molar-refractivity contribution < 1.29 is 14.2 Å². The molecule has 0 aromatic heterocycles. The molecule has 0 heterocycles. The van der Waals surface area contributed by atoms with Gasteiger partial charge in [0.25, 0.3) is 0 Å². The molecule has 4 heteroatoms. The molecule has 0 aliphatic carbocycles. The molecule has 2 rings (SSSR count). The Labute approximate surface area is 122 Å². The first kappa shape index (κ1) is 14.8. The largest absolute Gasteiger partial charge is 0.493 e. The van der Waals surface area contributed by atoms with Crippen molar-refractivity contribution in [1.29, 1.82) is 0 Å². The number of halogens is 2. The van der Waals surface area contributed by atoms with E-state index in [1.54, 1.807) is 24.3 Å². The van der Waals surface area contributed by atoms with Crippen LogP contribution >= 0.6 is 11.6 Å². The van der Waals surface area contributed by atoms with Crippen molar-refractivity contribution in [3.63, 3.8) is 0 Å². The number of aliphatic hydroxyl groups is 1. The van der Waals surface area contributed by atoms with Crippen LogP contribution in [0.2, 0.25) is 5.02 Å². The Kier molecular flexibility index (Phi) is 4.99. The van der Waals surface area contributed by atoms with Crippen molar-refractivity contribution in [2.45, 2.75) is 19.4 Å². The van der Waals surface area contributed by atoms with Crippen LogP contribution in [0.4, 0.5) is 4.39 Å². The summed E-state index contributed by atoms with van der Waals surface area (Å²) in [7, 11) is 0. The topological polar surface area (TPSA) is 29.5 Å². The van der Waals surface area contributed by atoms with E-state index in [-0.39, 0.29) is 6.42 Å². The minimum Gasteiger partial charge on any atom is -0.493 e. The molecule has 1 unspecified atom stereocenters. The summed E-state index contributed by atoms with van der Waals surface area (Å²) in [6.07, 6.45) is -0.762. The van der Waals surface area contributed by atoms with Crippen LogP contribution in [0.25, 0.3) is 0 Å². The van der Waals surface area contributed by atoms with Crippen molar-refractivity contribution in [3.8, 4) is 5.75 Å². The van der Waals surface area contributed by atoms with E-state index >= 15 is 0 Å². The van der Waals surface area contributed by atoms with Gasteiger partial charge < -0.3 is 9.84 Å². The van der Waals surface area contributed by atoms with Crippen LogP contribution < -0.4 is 4.74 Å². The second-order valence-corrected chi connectivity index (χ2v) is 4.80. The summed E-state index contributed by atoms with van der Waals surface area (Å²) in [6, 6.07) is 11.7. The van der Waals surface area contributed by atoms with E-state index in [2.05, 4.69) is 0 Å². The summed E-state index contributed by atoms with van der Waals surface area (Å²) in [5.41, 5.74) is 0.946. The van der Waals surface area contributed by atoms with Gasteiger partial charge in [-0.25, -0.2) is 4.39 Å². The van der Waals surface area contributed by atoms with Gasteiger partial charge in [0.2, 0.25) is 0 Å². The van der Waals surface area contributed by atoms with E-state index in [9.17, 15) is 9.50 Å².